The van der Waals surface area contributed by atoms with Crippen LogP contribution in [0.4, 0.5) is 0 Å². The van der Waals surface area contributed by atoms with Gasteiger partial charge in [-0.05, 0) is 19.1 Å². The van der Waals surface area contributed by atoms with Crippen molar-refractivity contribution in [2.24, 2.45) is 4.40 Å². The number of carbonyl (C=O) groups is 2. The average molecular weight is 329 g/mol. The van der Waals surface area contributed by atoms with Crippen LogP contribution < -0.4 is 5.32 Å². The summed E-state index contributed by atoms with van der Waals surface area (Å²) in [5.74, 6) is -1.95. The number of carboxylic acid groups (broad SMARTS) is 1. The molecule has 0 aromatic rings. The number of amidine groups is 1. The molecule has 10 heteroatoms. The molecule has 2 aliphatic rings. The molecule has 0 spiro atoms. The van der Waals surface area contributed by atoms with Crippen LogP contribution in [0, 0.1) is 0 Å². The Labute approximate surface area is 126 Å². The molecule has 0 aromatic heterocycles. The highest BCUT2D eigenvalue weighted by Crippen LogP contribution is 2.16. The molecule has 9 nitrogen and oxygen atoms in total. The van der Waals surface area contributed by atoms with Gasteiger partial charge in [-0.1, -0.05) is 0 Å². The van der Waals surface area contributed by atoms with E-state index in [1.165, 1.54) is 23.3 Å². The first-order chi connectivity index (χ1) is 10.1. The quantitative estimate of drug-likeness (QED) is 0.567. The summed E-state index contributed by atoms with van der Waals surface area (Å²) in [6.45, 7) is 0.789. The SMILES string of the molecule is CC(O)(CNC(=O)C1=CN2CCS(=O)(=O)N=C2C=C1)C(=O)O. The van der Waals surface area contributed by atoms with Crippen molar-refractivity contribution in [2.45, 2.75) is 12.5 Å². The number of rotatable bonds is 4. The number of hydrogen-bond donors (Lipinski definition) is 3. The van der Waals surface area contributed by atoms with Gasteiger partial charge in [0.15, 0.2) is 5.60 Å². The van der Waals surface area contributed by atoms with Crippen molar-refractivity contribution in [3.8, 4) is 0 Å². The molecule has 2 rings (SSSR count). The van der Waals surface area contributed by atoms with Crippen LogP contribution in [0.1, 0.15) is 6.92 Å². The van der Waals surface area contributed by atoms with Gasteiger partial charge in [-0.25, -0.2) is 13.2 Å². The summed E-state index contributed by atoms with van der Waals surface area (Å²) in [5, 5.41) is 20.6. The van der Waals surface area contributed by atoms with Crippen LogP contribution >= 0.6 is 0 Å². The Morgan fingerprint density at radius 1 is 1.45 bits per heavy atom. The second-order valence-corrected chi connectivity index (χ2v) is 6.86. The summed E-state index contributed by atoms with van der Waals surface area (Å²) in [7, 11) is -3.46. The third-order valence-electron chi connectivity index (χ3n) is 3.14. The molecular formula is C12H15N3O6S. The van der Waals surface area contributed by atoms with E-state index in [2.05, 4.69) is 9.71 Å². The summed E-state index contributed by atoms with van der Waals surface area (Å²) in [6.07, 6.45) is 4.19. The molecule has 0 saturated carbocycles. The van der Waals surface area contributed by atoms with E-state index in [4.69, 9.17) is 5.11 Å². The summed E-state index contributed by atoms with van der Waals surface area (Å²) in [6, 6.07) is 0. The molecule has 22 heavy (non-hydrogen) atoms. The van der Waals surface area contributed by atoms with E-state index >= 15 is 0 Å². The lowest BCUT2D eigenvalue weighted by molar-refractivity contribution is -0.156. The fourth-order valence-electron chi connectivity index (χ4n) is 1.77. The predicted molar refractivity (Wildman–Crippen MR) is 76.4 cm³/mol. The van der Waals surface area contributed by atoms with Crippen LogP contribution in [0.3, 0.4) is 0 Å². The van der Waals surface area contributed by atoms with Crippen LogP contribution in [0.5, 0.6) is 0 Å². The minimum absolute atomic E-state index is 0.149. The Morgan fingerprint density at radius 3 is 2.77 bits per heavy atom. The van der Waals surface area contributed by atoms with Gasteiger partial charge in [0, 0.05) is 12.7 Å². The van der Waals surface area contributed by atoms with E-state index in [1.807, 2.05) is 0 Å². The van der Waals surface area contributed by atoms with Crippen LogP contribution in [-0.2, 0) is 19.6 Å². The van der Waals surface area contributed by atoms with Crippen molar-refractivity contribution in [1.29, 1.82) is 0 Å². The lowest BCUT2D eigenvalue weighted by Crippen LogP contribution is -2.47. The maximum atomic E-state index is 11.9. The lowest BCUT2D eigenvalue weighted by Gasteiger charge is -2.27. The van der Waals surface area contributed by atoms with E-state index in [0.29, 0.717) is 0 Å². The topological polar surface area (TPSA) is 136 Å². The van der Waals surface area contributed by atoms with Gasteiger partial charge in [0.25, 0.3) is 15.9 Å². The van der Waals surface area contributed by atoms with E-state index in [1.54, 1.807) is 0 Å². The first-order valence-corrected chi connectivity index (χ1v) is 7.95. The van der Waals surface area contributed by atoms with Crippen molar-refractivity contribution in [3.63, 3.8) is 0 Å². The molecular weight excluding hydrogens is 314 g/mol. The molecule has 120 valence electrons. The summed E-state index contributed by atoms with van der Waals surface area (Å²) < 4.78 is 26.3. The largest absolute Gasteiger partial charge is 0.479 e. The Morgan fingerprint density at radius 2 is 2.14 bits per heavy atom. The zero-order valence-electron chi connectivity index (χ0n) is 11.7. The number of hydrogen-bond acceptors (Lipinski definition) is 6. The van der Waals surface area contributed by atoms with Gasteiger partial charge < -0.3 is 20.4 Å². The van der Waals surface area contributed by atoms with Gasteiger partial charge in [0.05, 0.1) is 17.9 Å². The van der Waals surface area contributed by atoms with E-state index in [9.17, 15) is 23.1 Å². The number of sulfonamides is 1. The summed E-state index contributed by atoms with van der Waals surface area (Å²) in [5.41, 5.74) is -1.86. The first kappa shape index (κ1) is 16.2. The fraction of sp³-hybridized carbons (Fsp3) is 0.417. The molecule has 2 aliphatic heterocycles. The number of aliphatic carboxylic acids is 1. The highest BCUT2D eigenvalue weighted by Gasteiger charge is 2.31. The Kier molecular flexibility index (Phi) is 4.07. The van der Waals surface area contributed by atoms with E-state index in [0.717, 1.165) is 6.92 Å². The van der Waals surface area contributed by atoms with Crippen molar-refractivity contribution >= 4 is 27.7 Å². The number of nitrogens with one attached hydrogen (secondary N) is 1. The van der Waals surface area contributed by atoms with E-state index < -0.39 is 34.0 Å². The molecule has 1 unspecified atom stereocenters. The van der Waals surface area contributed by atoms with Crippen LogP contribution in [0.2, 0.25) is 0 Å². The van der Waals surface area contributed by atoms with Gasteiger partial charge in [-0.15, -0.1) is 4.40 Å². The molecule has 2 heterocycles. The number of fused-ring (bicyclic) bond motifs is 1. The number of carbonyl (C=O) groups excluding carboxylic acids is 1. The van der Waals surface area contributed by atoms with Crippen LogP contribution in [0.25, 0.3) is 0 Å². The van der Waals surface area contributed by atoms with Crippen LogP contribution in [0.15, 0.2) is 28.3 Å². The summed E-state index contributed by atoms with van der Waals surface area (Å²) in [4.78, 5) is 24.2. The molecule has 0 aliphatic carbocycles. The normalized spacial score (nSPS) is 22.0. The molecule has 0 bridgehead atoms. The third-order valence-corrected chi connectivity index (χ3v) is 4.30. The Hall–Kier alpha value is -2.20. The average Bonchev–Trinajstić information content (AvgIpc) is 2.43. The minimum Gasteiger partial charge on any atom is -0.479 e. The molecule has 0 fully saturated rings. The zero-order valence-corrected chi connectivity index (χ0v) is 12.5. The number of carboxylic acids is 1. The van der Waals surface area contributed by atoms with Crippen molar-refractivity contribution < 1.29 is 28.2 Å². The fourth-order valence-corrected chi connectivity index (χ4v) is 2.73. The first-order valence-electron chi connectivity index (χ1n) is 6.34. The number of nitrogens with zero attached hydrogens (tertiary/aromatic N) is 2. The van der Waals surface area contributed by atoms with Gasteiger partial charge in [-0.3, -0.25) is 4.79 Å². The Balaban J connectivity index is 2.07. The molecule has 1 amide bonds. The smallest absolute Gasteiger partial charge is 0.337 e. The number of amides is 1. The molecule has 0 saturated heterocycles. The lowest BCUT2D eigenvalue weighted by atomic mass is 10.1. The monoisotopic (exact) mass is 329 g/mol. The van der Waals surface area contributed by atoms with E-state index in [-0.39, 0.29) is 23.7 Å². The molecule has 3 N–H and O–H groups in total. The number of aliphatic hydroxyl groups is 1. The van der Waals surface area contributed by atoms with Crippen LogP contribution in [-0.4, -0.2) is 65.7 Å². The highest BCUT2D eigenvalue weighted by molar-refractivity contribution is 7.90. The minimum atomic E-state index is -3.46. The van der Waals surface area contributed by atoms with Gasteiger partial charge >= 0.3 is 5.97 Å². The maximum Gasteiger partial charge on any atom is 0.337 e. The standard InChI is InChI=1S/C12H15N3O6S/c1-12(19,11(17)18)7-13-10(16)8-2-3-9-14-22(20,21)5-4-15(9)6-8/h2-3,6,19H,4-5,7H2,1H3,(H,13,16)(H,17,18). The highest BCUT2D eigenvalue weighted by atomic mass is 32.2. The second kappa shape index (κ2) is 5.54. The van der Waals surface area contributed by atoms with Gasteiger partial charge in [-0.2, -0.15) is 0 Å². The maximum absolute atomic E-state index is 11.9. The van der Waals surface area contributed by atoms with Crippen molar-refractivity contribution in [3.05, 3.63) is 23.9 Å². The predicted octanol–water partition coefficient (Wildman–Crippen LogP) is -1.56. The zero-order chi connectivity index (χ0) is 16.5. The van der Waals surface area contributed by atoms with Crippen molar-refractivity contribution in [2.75, 3.05) is 18.8 Å². The second-order valence-electron chi connectivity index (χ2n) is 5.11. The molecule has 0 aromatic carbocycles. The van der Waals surface area contributed by atoms with Gasteiger partial charge in [0.1, 0.15) is 5.84 Å². The Bertz CT molecular complexity index is 704. The summed E-state index contributed by atoms with van der Waals surface area (Å²) >= 11 is 0. The molecule has 0 radical (unpaired) electrons. The third kappa shape index (κ3) is 3.52. The molecule has 1 atom stereocenters. The van der Waals surface area contributed by atoms with Crippen molar-refractivity contribution in [1.82, 2.24) is 10.2 Å². The van der Waals surface area contributed by atoms with Gasteiger partial charge in [0.2, 0.25) is 0 Å².